The van der Waals surface area contributed by atoms with Gasteiger partial charge in [0, 0.05) is 19.5 Å². The molecule has 0 N–H and O–H groups in total. The SMILES string of the molecule is CCCCCCCCCC(=O)N(CC(=O)N(Cc1ccccc1)Cc1ccco1)CC(C)C. The summed E-state index contributed by atoms with van der Waals surface area (Å²) in [6.45, 7) is 7.98. The molecule has 0 aliphatic heterocycles. The molecule has 1 heterocycles. The average Bonchev–Trinajstić information content (AvgIpc) is 3.31. The fourth-order valence-corrected chi connectivity index (χ4v) is 3.98. The number of rotatable bonds is 16. The van der Waals surface area contributed by atoms with E-state index < -0.39 is 0 Å². The first kappa shape index (κ1) is 26.7. The molecule has 0 saturated carbocycles. The second-order valence-corrected chi connectivity index (χ2v) is 9.35. The Morgan fingerprint density at radius 3 is 2.15 bits per heavy atom. The van der Waals surface area contributed by atoms with Crippen molar-refractivity contribution in [1.82, 2.24) is 9.80 Å². The Balaban J connectivity index is 1.96. The number of unbranched alkanes of at least 4 members (excludes halogenated alkanes) is 6. The van der Waals surface area contributed by atoms with Crippen LogP contribution in [0.2, 0.25) is 0 Å². The van der Waals surface area contributed by atoms with E-state index in [0.29, 0.717) is 32.0 Å². The highest BCUT2D eigenvalue weighted by Gasteiger charge is 2.23. The minimum Gasteiger partial charge on any atom is -0.467 e. The van der Waals surface area contributed by atoms with Gasteiger partial charge in [0.1, 0.15) is 5.76 Å². The molecule has 1 aromatic carbocycles. The zero-order valence-electron chi connectivity index (χ0n) is 20.8. The zero-order valence-corrected chi connectivity index (χ0v) is 20.8. The van der Waals surface area contributed by atoms with Crippen molar-refractivity contribution in [3.63, 3.8) is 0 Å². The maximum Gasteiger partial charge on any atom is 0.242 e. The third-order valence-corrected chi connectivity index (χ3v) is 5.75. The molecule has 182 valence electrons. The molecule has 0 saturated heterocycles. The lowest BCUT2D eigenvalue weighted by atomic mass is 10.1. The lowest BCUT2D eigenvalue weighted by molar-refractivity contribution is -0.141. The van der Waals surface area contributed by atoms with Crippen molar-refractivity contribution in [3.8, 4) is 0 Å². The Morgan fingerprint density at radius 1 is 0.818 bits per heavy atom. The third kappa shape index (κ3) is 10.7. The summed E-state index contributed by atoms with van der Waals surface area (Å²) < 4.78 is 5.49. The molecular formula is C28H42N2O3. The van der Waals surface area contributed by atoms with Crippen LogP contribution in [0.5, 0.6) is 0 Å². The smallest absolute Gasteiger partial charge is 0.242 e. The van der Waals surface area contributed by atoms with Gasteiger partial charge in [0.15, 0.2) is 0 Å². The minimum atomic E-state index is -0.0520. The van der Waals surface area contributed by atoms with Crippen LogP contribution in [0.1, 0.15) is 83.5 Å². The summed E-state index contributed by atoms with van der Waals surface area (Å²) in [6.07, 6.45) is 10.4. The lowest BCUT2D eigenvalue weighted by Crippen LogP contribution is -2.43. The van der Waals surface area contributed by atoms with E-state index in [4.69, 9.17) is 4.42 Å². The summed E-state index contributed by atoms with van der Waals surface area (Å²) in [7, 11) is 0. The summed E-state index contributed by atoms with van der Waals surface area (Å²) in [5.41, 5.74) is 1.06. The first-order chi connectivity index (χ1) is 16.0. The Morgan fingerprint density at radius 2 is 1.52 bits per heavy atom. The molecule has 33 heavy (non-hydrogen) atoms. The average molecular weight is 455 g/mol. The van der Waals surface area contributed by atoms with E-state index in [1.54, 1.807) is 16.1 Å². The number of furan rings is 1. The summed E-state index contributed by atoms with van der Waals surface area (Å²) in [5.74, 6) is 1.08. The second kappa shape index (κ2) is 15.3. The van der Waals surface area contributed by atoms with Crippen LogP contribution in [-0.2, 0) is 22.7 Å². The van der Waals surface area contributed by atoms with Gasteiger partial charge < -0.3 is 14.2 Å². The fourth-order valence-electron chi connectivity index (χ4n) is 3.98. The quantitative estimate of drug-likeness (QED) is 0.275. The van der Waals surface area contributed by atoms with Gasteiger partial charge in [0.2, 0.25) is 11.8 Å². The molecule has 2 aromatic rings. The van der Waals surface area contributed by atoms with Crippen LogP contribution in [0.3, 0.4) is 0 Å². The molecule has 5 heteroatoms. The van der Waals surface area contributed by atoms with Crippen LogP contribution in [-0.4, -0.2) is 34.7 Å². The number of benzene rings is 1. The van der Waals surface area contributed by atoms with Crippen LogP contribution in [0.25, 0.3) is 0 Å². The Bertz CT molecular complexity index is 787. The van der Waals surface area contributed by atoms with Gasteiger partial charge in [0.05, 0.1) is 19.4 Å². The molecule has 0 unspecified atom stereocenters. The van der Waals surface area contributed by atoms with Gasteiger partial charge in [-0.25, -0.2) is 0 Å². The first-order valence-electron chi connectivity index (χ1n) is 12.6. The topological polar surface area (TPSA) is 53.8 Å². The highest BCUT2D eigenvalue weighted by molar-refractivity contribution is 5.84. The maximum absolute atomic E-state index is 13.3. The zero-order chi connectivity index (χ0) is 23.9. The van der Waals surface area contributed by atoms with Gasteiger partial charge in [-0.2, -0.15) is 0 Å². The van der Waals surface area contributed by atoms with Gasteiger partial charge in [-0.3, -0.25) is 9.59 Å². The molecule has 0 spiro atoms. The van der Waals surface area contributed by atoms with E-state index in [9.17, 15) is 9.59 Å². The standard InChI is InChI=1S/C28H42N2O3/c1-4-5-6-7-8-9-13-18-27(31)29(20-24(2)3)23-28(32)30(22-26-17-14-19-33-26)21-25-15-11-10-12-16-25/h10-12,14-17,19,24H,4-9,13,18,20-23H2,1-3H3. The van der Waals surface area contributed by atoms with Crippen LogP contribution in [0.4, 0.5) is 0 Å². The molecule has 0 atom stereocenters. The van der Waals surface area contributed by atoms with Gasteiger partial charge >= 0.3 is 0 Å². The summed E-state index contributed by atoms with van der Waals surface area (Å²) in [4.78, 5) is 29.9. The summed E-state index contributed by atoms with van der Waals surface area (Å²) in [5, 5.41) is 0. The predicted molar refractivity (Wildman–Crippen MR) is 133 cm³/mol. The number of carbonyl (C=O) groups excluding carboxylic acids is 2. The van der Waals surface area contributed by atoms with E-state index in [0.717, 1.165) is 24.2 Å². The fraction of sp³-hybridized carbons (Fsp3) is 0.571. The first-order valence-corrected chi connectivity index (χ1v) is 12.6. The largest absolute Gasteiger partial charge is 0.467 e. The lowest BCUT2D eigenvalue weighted by Gasteiger charge is -2.28. The van der Waals surface area contributed by atoms with Crippen molar-refractivity contribution >= 4 is 11.8 Å². The highest BCUT2D eigenvalue weighted by Crippen LogP contribution is 2.14. The summed E-state index contributed by atoms with van der Waals surface area (Å²) in [6, 6.07) is 13.7. The van der Waals surface area contributed by atoms with Gasteiger partial charge in [-0.15, -0.1) is 0 Å². The Kier molecular flexibility index (Phi) is 12.4. The van der Waals surface area contributed by atoms with Gasteiger partial charge in [-0.1, -0.05) is 89.6 Å². The van der Waals surface area contributed by atoms with Crippen LogP contribution in [0.15, 0.2) is 53.1 Å². The van der Waals surface area contributed by atoms with E-state index >= 15 is 0 Å². The monoisotopic (exact) mass is 454 g/mol. The van der Waals surface area contributed by atoms with Crippen LogP contribution < -0.4 is 0 Å². The number of hydrogen-bond acceptors (Lipinski definition) is 3. The molecular weight excluding hydrogens is 412 g/mol. The van der Waals surface area contributed by atoms with Crippen molar-refractivity contribution in [2.45, 2.75) is 85.2 Å². The molecule has 2 amide bonds. The van der Waals surface area contributed by atoms with Crippen LogP contribution >= 0.6 is 0 Å². The molecule has 1 aromatic heterocycles. The summed E-state index contributed by atoms with van der Waals surface area (Å²) >= 11 is 0. The van der Waals surface area contributed by atoms with E-state index in [1.165, 1.54) is 32.1 Å². The highest BCUT2D eigenvalue weighted by atomic mass is 16.3. The maximum atomic E-state index is 13.3. The molecule has 0 bridgehead atoms. The Labute approximate surface area is 200 Å². The number of carbonyl (C=O) groups is 2. The predicted octanol–water partition coefficient (Wildman–Crippen LogP) is 6.43. The van der Waals surface area contributed by atoms with E-state index in [2.05, 4.69) is 20.8 Å². The molecule has 0 aliphatic rings. The number of amides is 2. The van der Waals surface area contributed by atoms with Crippen molar-refractivity contribution in [1.29, 1.82) is 0 Å². The van der Waals surface area contributed by atoms with Crippen molar-refractivity contribution in [3.05, 3.63) is 60.1 Å². The molecule has 0 aliphatic carbocycles. The van der Waals surface area contributed by atoms with Crippen LogP contribution in [0, 0.1) is 5.92 Å². The molecule has 2 rings (SSSR count). The van der Waals surface area contributed by atoms with Crippen molar-refractivity contribution in [2.75, 3.05) is 13.1 Å². The normalized spacial score (nSPS) is 11.0. The van der Waals surface area contributed by atoms with Crippen molar-refractivity contribution in [2.24, 2.45) is 5.92 Å². The van der Waals surface area contributed by atoms with Gasteiger partial charge in [0.25, 0.3) is 0 Å². The molecule has 0 radical (unpaired) electrons. The van der Waals surface area contributed by atoms with E-state index in [1.807, 2.05) is 42.5 Å². The number of nitrogens with zero attached hydrogens (tertiary/aromatic N) is 2. The third-order valence-electron chi connectivity index (χ3n) is 5.75. The van der Waals surface area contributed by atoms with E-state index in [-0.39, 0.29) is 18.4 Å². The Hall–Kier alpha value is -2.56. The van der Waals surface area contributed by atoms with Crippen molar-refractivity contribution < 1.29 is 14.0 Å². The second-order valence-electron chi connectivity index (χ2n) is 9.35. The van der Waals surface area contributed by atoms with Gasteiger partial charge in [-0.05, 0) is 30.0 Å². The minimum absolute atomic E-state index is 0.0520. The molecule has 0 fully saturated rings. The molecule has 5 nitrogen and oxygen atoms in total. The number of hydrogen-bond donors (Lipinski definition) is 0.